The van der Waals surface area contributed by atoms with Gasteiger partial charge < -0.3 is 15.3 Å². The Balaban J connectivity index is 1.64. The molecule has 0 spiro atoms. The van der Waals surface area contributed by atoms with Crippen LogP contribution in [0.4, 0.5) is 0 Å². The average Bonchev–Trinajstić information content (AvgIpc) is 3.20. The van der Waals surface area contributed by atoms with Crippen LogP contribution in [0, 0.1) is 11.3 Å². The fraction of sp³-hybridized carbons (Fsp3) is 0.933. The van der Waals surface area contributed by atoms with E-state index in [1.54, 1.807) is 0 Å². The van der Waals surface area contributed by atoms with Gasteiger partial charge in [-0.15, -0.1) is 0 Å². The fourth-order valence-electron chi connectivity index (χ4n) is 3.93. The highest BCUT2D eigenvalue weighted by Crippen LogP contribution is 2.46. The van der Waals surface area contributed by atoms with E-state index in [1.807, 2.05) is 4.90 Å². The smallest absolute Gasteiger partial charge is 0.229 e. The van der Waals surface area contributed by atoms with Crippen molar-refractivity contribution in [3.05, 3.63) is 0 Å². The van der Waals surface area contributed by atoms with E-state index in [2.05, 4.69) is 12.2 Å². The number of nitrogens with zero attached hydrogens (tertiary/aromatic N) is 1. The SMILES string of the molecule is CCCC1(C(=O)N2CC(O)(C3CC3)C2)CCNCC1. The van der Waals surface area contributed by atoms with Gasteiger partial charge in [0, 0.05) is 0 Å². The van der Waals surface area contributed by atoms with Crippen LogP contribution < -0.4 is 5.32 Å². The molecule has 2 N–H and O–H groups in total. The first-order chi connectivity index (χ1) is 9.10. The van der Waals surface area contributed by atoms with Gasteiger partial charge in [-0.2, -0.15) is 0 Å². The van der Waals surface area contributed by atoms with Gasteiger partial charge in [-0.3, -0.25) is 4.79 Å². The number of hydrogen-bond acceptors (Lipinski definition) is 3. The highest BCUT2D eigenvalue weighted by atomic mass is 16.3. The van der Waals surface area contributed by atoms with Gasteiger partial charge in [0.2, 0.25) is 5.91 Å². The van der Waals surface area contributed by atoms with Crippen molar-refractivity contribution in [2.45, 2.75) is 51.0 Å². The average molecular weight is 266 g/mol. The van der Waals surface area contributed by atoms with E-state index in [-0.39, 0.29) is 5.41 Å². The number of aliphatic hydroxyl groups is 1. The zero-order chi connectivity index (χ0) is 13.5. The number of rotatable bonds is 4. The maximum atomic E-state index is 12.8. The molecule has 3 rings (SSSR count). The molecule has 4 heteroatoms. The van der Waals surface area contributed by atoms with Gasteiger partial charge in [-0.25, -0.2) is 0 Å². The minimum atomic E-state index is -0.546. The Kier molecular flexibility index (Phi) is 3.34. The van der Waals surface area contributed by atoms with Crippen molar-refractivity contribution in [1.82, 2.24) is 10.2 Å². The number of carbonyl (C=O) groups is 1. The van der Waals surface area contributed by atoms with Gasteiger partial charge in [0.1, 0.15) is 5.60 Å². The third-order valence-electron chi connectivity index (χ3n) is 5.30. The van der Waals surface area contributed by atoms with Gasteiger partial charge in [0.25, 0.3) is 0 Å². The Morgan fingerprint density at radius 1 is 1.32 bits per heavy atom. The number of carbonyl (C=O) groups excluding carboxylic acids is 1. The second-order valence-corrected chi connectivity index (χ2v) is 6.82. The molecule has 3 aliphatic rings. The molecule has 1 aliphatic carbocycles. The monoisotopic (exact) mass is 266 g/mol. The van der Waals surface area contributed by atoms with Crippen LogP contribution in [0.2, 0.25) is 0 Å². The highest BCUT2D eigenvalue weighted by Gasteiger charge is 2.55. The van der Waals surface area contributed by atoms with Crippen LogP contribution in [0.5, 0.6) is 0 Å². The summed E-state index contributed by atoms with van der Waals surface area (Å²) >= 11 is 0. The summed E-state index contributed by atoms with van der Waals surface area (Å²) in [7, 11) is 0. The summed E-state index contributed by atoms with van der Waals surface area (Å²) in [6.07, 6.45) is 6.25. The summed E-state index contributed by atoms with van der Waals surface area (Å²) in [6, 6.07) is 0. The molecule has 1 amide bonds. The number of β-amino-alcohol motifs (C(OH)–C–C–N with tert-alkyl or cyclic N) is 1. The van der Waals surface area contributed by atoms with Gasteiger partial charge in [0.15, 0.2) is 0 Å². The molecule has 19 heavy (non-hydrogen) atoms. The zero-order valence-electron chi connectivity index (χ0n) is 12.0. The summed E-state index contributed by atoms with van der Waals surface area (Å²) in [6.45, 7) is 5.22. The van der Waals surface area contributed by atoms with E-state index < -0.39 is 5.60 Å². The molecule has 0 aromatic carbocycles. The lowest BCUT2D eigenvalue weighted by molar-refractivity contribution is -0.171. The Bertz CT molecular complexity index is 348. The van der Waals surface area contributed by atoms with Crippen molar-refractivity contribution in [2.75, 3.05) is 26.2 Å². The lowest BCUT2D eigenvalue weighted by atomic mass is 9.72. The molecule has 2 aliphatic heterocycles. The molecule has 108 valence electrons. The molecule has 0 atom stereocenters. The number of hydrogen-bond donors (Lipinski definition) is 2. The van der Waals surface area contributed by atoms with Crippen LogP contribution in [-0.2, 0) is 4.79 Å². The van der Waals surface area contributed by atoms with Gasteiger partial charge in [-0.1, -0.05) is 13.3 Å². The molecule has 0 bridgehead atoms. The summed E-state index contributed by atoms with van der Waals surface area (Å²) in [4.78, 5) is 14.7. The molecular formula is C15H26N2O2. The molecule has 1 saturated carbocycles. The maximum Gasteiger partial charge on any atom is 0.229 e. The number of nitrogens with one attached hydrogen (secondary N) is 1. The molecule has 3 fully saturated rings. The van der Waals surface area contributed by atoms with Crippen molar-refractivity contribution in [2.24, 2.45) is 11.3 Å². The molecule has 2 saturated heterocycles. The van der Waals surface area contributed by atoms with E-state index >= 15 is 0 Å². The molecule has 0 radical (unpaired) electrons. The lowest BCUT2D eigenvalue weighted by Gasteiger charge is -2.51. The second-order valence-electron chi connectivity index (χ2n) is 6.82. The van der Waals surface area contributed by atoms with Crippen LogP contribution in [-0.4, -0.2) is 47.7 Å². The van der Waals surface area contributed by atoms with Gasteiger partial charge >= 0.3 is 0 Å². The fourth-order valence-corrected chi connectivity index (χ4v) is 3.93. The lowest BCUT2D eigenvalue weighted by Crippen LogP contribution is -2.67. The molecule has 2 heterocycles. The third-order valence-corrected chi connectivity index (χ3v) is 5.30. The van der Waals surface area contributed by atoms with Gasteiger partial charge in [0.05, 0.1) is 18.5 Å². The summed E-state index contributed by atoms with van der Waals surface area (Å²) < 4.78 is 0. The normalized spacial score (nSPS) is 28.8. The summed E-state index contributed by atoms with van der Waals surface area (Å²) in [5, 5.41) is 13.7. The van der Waals surface area contributed by atoms with E-state index in [1.165, 1.54) is 0 Å². The first kappa shape index (κ1) is 13.4. The van der Waals surface area contributed by atoms with Crippen molar-refractivity contribution in [3.8, 4) is 0 Å². The van der Waals surface area contributed by atoms with Gasteiger partial charge in [-0.05, 0) is 51.1 Å². The summed E-state index contributed by atoms with van der Waals surface area (Å²) in [5.41, 5.74) is -0.694. The van der Waals surface area contributed by atoms with Crippen LogP contribution in [0.15, 0.2) is 0 Å². The maximum absolute atomic E-state index is 12.8. The zero-order valence-corrected chi connectivity index (χ0v) is 12.0. The first-order valence-corrected chi connectivity index (χ1v) is 7.82. The Hall–Kier alpha value is -0.610. The minimum absolute atomic E-state index is 0.148. The molecule has 0 aromatic rings. The van der Waals surface area contributed by atoms with Crippen LogP contribution in [0.3, 0.4) is 0 Å². The molecule has 0 unspecified atom stereocenters. The summed E-state index contributed by atoms with van der Waals surface area (Å²) in [5.74, 6) is 0.771. The van der Waals surface area contributed by atoms with Crippen LogP contribution >= 0.6 is 0 Å². The standard InChI is InChI=1S/C15H26N2O2/c1-2-5-14(6-8-16-9-7-14)13(18)17-10-15(19,11-17)12-3-4-12/h12,16,19H,2-11H2,1H3. The second kappa shape index (κ2) is 4.74. The molecular weight excluding hydrogens is 240 g/mol. The number of piperidine rings is 1. The van der Waals surface area contributed by atoms with E-state index in [0.717, 1.165) is 51.6 Å². The topological polar surface area (TPSA) is 52.6 Å². The van der Waals surface area contributed by atoms with E-state index in [0.29, 0.717) is 24.9 Å². The van der Waals surface area contributed by atoms with Crippen molar-refractivity contribution >= 4 is 5.91 Å². The number of amides is 1. The molecule has 4 nitrogen and oxygen atoms in total. The van der Waals surface area contributed by atoms with Crippen LogP contribution in [0.25, 0.3) is 0 Å². The largest absolute Gasteiger partial charge is 0.386 e. The Morgan fingerprint density at radius 3 is 2.47 bits per heavy atom. The highest BCUT2D eigenvalue weighted by molar-refractivity contribution is 5.84. The predicted molar refractivity (Wildman–Crippen MR) is 73.7 cm³/mol. The van der Waals surface area contributed by atoms with E-state index in [9.17, 15) is 9.90 Å². The molecule has 0 aromatic heterocycles. The van der Waals surface area contributed by atoms with Crippen molar-refractivity contribution < 1.29 is 9.90 Å². The third kappa shape index (κ3) is 2.29. The predicted octanol–water partition coefficient (Wildman–Crippen LogP) is 1.14. The number of likely N-dealkylation sites (tertiary alicyclic amines) is 1. The first-order valence-electron chi connectivity index (χ1n) is 7.82. The van der Waals surface area contributed by atoms with E-state index in [4.69, 9.17) is 0 Å². The Labute approximate surface area is 115 Å². The minimum Gasteiger partial charge on any atom is -0.386 e. The Morgan fingerprint density at radius 2 is 1.95 bits per heavy atom. The van der Waals surface area contributed by atoms with Crippen LogP contribution in [0.1, 0.15) is 45.4 Å². The quantitative estimate of drug-likeness (QED) is 0.802. The van der Waals surface area contributed by atoms with Crippen molar-refractivity contribution in [3.63, 3.8) is 0 Å². The van der Waals surface area contributed by atoms with Crippen molar-refractivity contribution in [1.29, 1.82) is 0 Å².